The van der Waals surface area contributed by atoms with Gasteiger partial charge in [0.25, 0.3) is 0 Å². The van der Waals surface area contributed by atoms with Gasteiger partial charge < -0.3 is 14.6 Å². The summed E-state index contributed by atoms with van der Waals surface area (Å²) >= 11 is 0. The third kappa shape index (κ3) is 1.36. The third-order valence-electron chi connectivity index (χ3n) is 2.59. The number of fused-ring (bicyclic) bond motifs is 1. The van der Waals surface area contributed by atoms with E-state index < -0.39 is 5.97 Å². The van der Waals surface area contributed by atoms with E-state index in [2.05, 4.69) is 4.98 Å². The van der Waals surface area contributed by atoms with E-state index in [4.69, 9.17) is 9.52 Å². The number of carboxylic acids is 1. The first kappa shape index (κ1) is 10.4. The van der Waals surface area contributed by atoms with Gasteiger partial charge in [-0.25, -0.2) is 9.78 Å². The lowest BCUT2D eigenvalue weighted by atomic mass is 10.3. The summed E-state index contributed by atoms with van der Waals surface area (Å²) in [4.78, 5) is 15.1. The van der Waals surface area contributed by atoms with Crippen molar-refractivity contribution in [1.82, 2.24) is 9.38 Å². The fourth-order valence-corrected chi connectivity index (χ4v) is 1.85. The van der Waals surface area contributed by atoms with Gasteiger partial charge >= 0.3 is 5.97 Å². The largest absolute Gasteiger partial charge is 0.494 e. The summed E-state index contributed by atoms with van der Waals surface area (Å²) in [6.07, 6.45) is 1.46. The predicted octanol–water partition coefficient (Wildman–Crippen LogP) is 2.00. The first-order chi connectivity index (χ1) is 8.68. The Labute approximate surface area is 101 Å². The van der Waals surface area contributed by atoms with Crippen LogP contribution in [0.5, 0.6) is 5.88 Å². The molecule has 0 amide bonds. The molecule has 0 spiro atoms. The van der Waals surface area contributed by atoms with Crippen molar-refractivity contribution in [3.63, 3.8) is 0 Å². The van der Waals surface area contributed by atoms with Gasteiger partial charge in [0.05, 0.1) is 11.8 Å². The number of aromatic hydroxyl groups is 1. The molecule has 3 rings (SSSR count). The molecular formula is C12H8N2O4. The minimum absolute atomic E-state index is 0.0982. The molecule has 0 radical (unpaired) electrons. The van der Waals surface area contributed by atoms with Crippen LogP contribution in [-0.4, -0.2) is 25.6 Å². The molecule has 0 aliphatic heterocycles. The van der Waals surface area contributed by atoms with Gasteiger partial charge in [0, 0.05) is 0 Å². The van der Waals surface area contributed by atoms with Crippen molar-refractivity contribution in [2.75, 3.05) is 0 Å². The van der Waals surface area contributed by atoms with Crippen LogP contribution in [0.1, 0.15) is 10.5 Å². The molecular weight excluding hydrogens is 236 g/mol. The van der Waals surface area contributed by atoms with Gasteiger partial charge in [-0.2, -0.15) is 0 Å². The van der Waals surface area contributed by atoms with E-state index in [1.807, 2.05) is 0 Å². The Morgan fingerprint density at radius 1 is 1.28 bits per heavy atom. The maximum Gasteiger partial charge on any atom is 0.356 e. The number of aromatic nitrogens is 2. The second-order valence-corrected chi connectivity index (χ2v) is 3.67. The minimum atomic E-state index is -1.16. The molecule has 0 atom stereocenters. The predicted molar refractivity (Wildman–Crippen MR) is 61.5 cm³/mol. The van der Waals surface area contributed by atoms with Gasteiger partial charge in [-0.15, -0.1) is 0 Å². The molecule has 0 aliphatic rings. The maximum absolute atomic E-state index is 11.1. The van der Waals surface area contributed by atoms with Crippen molar-refractivity contribution in [3.05, 3.63) is 42.3 Å². The summed E-state index contributed by atoms with van der Waals surface area (Å²) in [7, 11) is 0. The van der Waals surface area contributed by atoms with Gasteiger partial charge in [0.1, 0.15) is 0 Å². The van der Waals surface area contributed by atoms with Gasteiger partial charge in [-0.05, 0) is 24.3 Å². The van der Waals surface area contributed by atoms with Gasteiger partial charge in [0.2, 0.25) is 0 Å². The number of nitrogens with zero attached hydrogens (tertiary/aromatic N) is 2. The highest BCUT2D eigenvalue weighted by Crippen LogP contribution is 2.27. The van der Waals surface area contributed by atoms with Crippen molar-refractivity contribution in [2.24, 2.45) is 0 Å². The van der Waals surface area contributed by atoms with E-state index >= 15 is 0 Å². The lowest BCUT2D eigenvalue weighted by molar-refractivity contribution is 0.0693. The standard InChI is InChI=1S/C12H8N2O4/c15-9-5-1-3-7-10(12(16)17)13-11(14(7)9)8-4-2-6-18-8/h1-6,15H,(H,16,17). The first-order valence-corrected chi connectivity index (χ1v) is 5.16. The molecule has 0 bridgehead atoms. The van der Waals surface area contributed by atoms with Gasteiger partial charge in [-0.3, -0.25) is 4.40 Å². The topological polar surface area (TPSA) is 88.0 Å². The molecule has 3 heterocycles. The summed E-state index contributed by atoms with van der Waals surface area (Å²) in [6, 6.07) is 7.89. The molecule has 6 nitrogen and oxygen atoms in total. The number of rotatable bonds is 2. The maximum atomic E-state index is 11.1. The number of carboxylic acid groups (broad SMARTS) is 1. The molecule has 0 aliphatic carbocycles. The zero-order valence-corrected chi connectivity index (χ0v) is 9.07. The van der Waals surface area contributed by atoms with E-state index in [0.29, 0.717) is 11.3 Å². The smallest absolute Gasteiger partial charge is 0.356 e. The highest BCUT2D eigenvalue weighted by molar-refractivity contribution is 5.95. The number of aromatic carboxylic acids is 1. The molecule has 3 aromatic heterocycles. The Hall–Kier alpha value is -2.76. The van der Waals surface area contributed by atoms with Crippen LogP contribution in [0.15, 0.2) is 41.0 Å². The zero-order valence-electron chi connectivity index (χ0n) is 9.07. The molecule has 18 heavy (non-hydrogen) atoms. The van der Waals surface area contributed by atoms with Crippen LogP contribution in [0.25, 0.3) is 17.1 Å². The Balaban J connectivity index is 2.42. The molecule has 2 N–H and O–H groups in total. The summed E-state index contributed by atoms with van der Waals surface area (Å²) in [5.74, 6) is -0.612. The highest BCUT2D eigenvalue weighted by Gasteiger charge is 2.20. The van der Waals surface area contributed by atoms with Crippen LogP contribution in [0.4, 0.5) is 0 Å². The molecule has 3 aromatic rings. The van der Waals surface area contributed by atoms with Crippen LogP contribution < -0.4 is 0 Å². The average Bonchev–Trinajstić information content (AvgIpc) is 2.95. The van der Waals surface area contributed by atoms with Crippen LogP contribution >= 0.6 is 0 Å². The molecule has 0 aromatic carbocycles. The van der Waals surface area contributed by atoms with Crippen LogP contribution in [0.3, 0.4) is 0 Å². The van der Waals surface area contributed by atoms with E-state index in [0.717, 1.165) is 0 Å². The number of furan rings is 1. The summed E-state index contributed by atoms with van der Waals surface area (Å²) in [6.45, 7) is 0. The van der Waals surface area contributed by atoms with Crippen molar-refractivity contribution in [2.45, 2.75) is 0 Å². The summed E-state index contributed by atoms with van der Waals surface area (Å²) in [5, 5.41) is 18.9. The Morgan fingerprint density at radius 2 is 2.11 bits per heavy atom. The Bertz CT molecular complexity index is 728. The quantitative estimate of drug-likeness (QED) is 0.719. The van der Waals surface area contributed by atoms with Crippen LogP contribution in [0, 0.1) is 0 Å². The van der Waals surface area contributed by atoms with Crippen molar-refractivity contribution >= 4 is 11.5 Å². The monoisotopic (exact) mass is 244 g/mol. The zero-order chi connectivity index (χ0) is 12.7. The van der Waals surface area contributed by atoms with Gasteiger partial charge in [0.15, 0.2) is 23.2 Å². The molecule has 0 fully saturated rings. The Kier molecular flexibility index (Phi) is 2.09. The average molecular weight is 244 g/mol. The second kappa shape index (κ2) is 3.63. The molecule has 0 saturated carbocycles. The van der Waals surface area contributed by atoms with Crippen molar-refractivity contribution < 1.29 is 19.4 Å². The lowest BCUT2D eigenvalue weighted by Crippen LogP contribution is -1.97. The second-order valence-electron chi connectivity index (χ2n) is 3.67. The Morgan fingerprint density at radius 3 is 2.78 bits per heavy atom. The number of hydrogen-bond acceptors (Lipinski definition) is 4. The normalized spacial score (nSPS) is 10.9. The highest BCUT2D eigenvalue weighted by atomic mass is 16.4. The molecule has 90 valence electrons. The summed E-state index contributed by atoms with van der Waals surface area (Å²) in [5.41, 5.74) is 0.186. The van der Waals surface area contributed by atoms with E-state index in [1.54, 1.807) is 24.3 Å². The number of imidazole rings is 1. The van der Waals surface area contributed by atoms with E-state index in [1.165, 1.54) is 16.7 Å². The van der Waals surface area contributed by atoms with Crippen molar-refractivity contribution in [3.8, 4) is 17.5 Å². The minimum Gasteiger partial charge on any atom is -0.494 e. The number of pyridine rings is 1. The fraction of sp³-hybridized carbons (Fsp3) is 0. The molecule has 0 saturated heterocycles. The molecule has 0 unspecified atom stereocenters. The van der Waals surface area contributed by atoms with E-state index in [9.17, 15) is 9.90 Å². The number of hydrogen-bond donors (Lipinski definition) is 2. The van der Waals surface area contributed by atoms with Crippen LogP contribution in [0.2, 0.25) is 0 Å². The van der Waals surface area contributed by atoms with Crippen LogP contribution in [-0.2, 0) is 0 Å². The first-order valence-electron chi connectivity index (χ1n) is 5.16. The summed E-state index contributed by atoms with van der Waals surface area (Å²) < 4.78 is 6.52. The number of carbonyl (C=O) groups is 1. The van der Waals surface area contributed by atoms with E-state index in [-0.39, 0.29) is 17.4 Å². The fourth-order valence-electron chi connectivity index (χ4n) is 1.85. The lowest BCUT2D eigenvalue weighted by Gasteiger charge is -2.00. The third-order valence-corrected chi connectivity index (χ3v) is 2.59. The van der Waals surface area contributed by atoms with Gasteiger partial charge in [-0.1, -0.05) is 6.07 Å². The SMILES string of the molecule is O=C(O)c1nc(-c2ccco2)n2c(O)cccc12. The van der Waals surface area contributed by atoms with Crippen molar-refractivity contribution in [1.29, 1.82) is 0 Å². The molecule has 6 heteroatoms.